The topological polar surface area (TPSA) is 40.5 Å². The van der Waals surface area contributed by atoms with Gasteiger partial charge in [-0.2, -0.15) is 0 Å². The number of piperidine rings is 1. The monoisotopic (exact) mass is 299 g/mol. The minimum absolute atomic E-state index is 0.159. The summed E-state index contributed by atoms with van der Waals surface area (Å²) >= 11 is 6.06. The molecule has 0 aromatic heterocycles. The van der Waals surface area contributed by atoms with E-state index in [-0.39, 0.29) is 18.3 Å². The van der Waals surface area contributed by atoms with Crippen molar-refractivity contribution in [2.45, 2.75) is 44.7 Å². The van der Waals surface area contributed by atoms with Gasteiger partial charge in [0.2, 0.25) is 0 Å². The summed E-state index contributed by atoms with van der Waals surface area (Å²) in [5.41, 5.74) is 0.511. The van der Waals surface area contributed by atoms with E-state index >= 15 is 0 Å². The Morgan fingerprint density at radius 3 is 2.95 bits per heavy atom. The molecule has 110 valence electrons. The van der Waals surface area contributed by atoms with Gasteiger partial charge < -0.3 is 5.11 Å². The molecule has 5 heteroatoms. The SMILES string of the molecule is O=C(O)CCC1CCCCN1Cc1c(F)cccc1Cl. The summed E-state index contributed by atoms with van der Waals surface area (Å²) in [6.07, 6.45) is 3.91. The molecule has 0 bridgehead atoms. The number of hydrogen-bond donors (Lipinski definition) is 1. The molecule has 1 saturated heterocycles. The number of hydrogen-bond acceptors (Lipinski definition) is 2. The van der Waals surface area contributed by atoms with E-state index in [0.717, 1.165) is 25.8 Å². The van der Waals surface area contributed by atoms with Crippen molar-refractivity contribution in [3.63, 3.8) is 0 Å². The molecular formula is C15H19ClFNO2. The lowest BCUT2D eigenvalue weighted by Gasteiger charge is -2.35. The molecule has 0 saturated carbocycles. The summed E-state index contributed by atoms with van der Waals surface area (Å²) in [4.78, 5) is 12.9. The lowest BCUT2D eigenvalue weighted by molar-refractivity contribution is -0.137. The maximum atomic E-state index is 13.8. The van der Waals surface area contributed by atoms with Crippen molar-refractivity contribution >= 4 is 17.6 Å². The first kappa shape index (κ1) is 15.3. The van der Waals surface area contributed by atoms with E-state index in [2.05, 4.69) is 4.90 Å². The highest BCUT2D eigenvalue weighted by Gasteiger charge is 2.24. The van der Waals surface area contributed by atoms with Crippen LogP contribution < -0.4 is 0 Å². The van der Waals surface area contributed by atoms with Crippen molar-refractivity contribution in [3.05, 3.63) is 34.6 Å². The second kappa shape index (κ2) is 7.04. The summed E-state index contributed by atoms with van der Waals surface area (Å²) in [6.45, 7) is 1.32. The van der Waals surface area contributed by atoms with Gasteiger partial charge in [-0.3, -0.25) is 9.69 Å². The van der Waals surface area contributed by atoms with Crippen LogP contribution in [0.1, 0.15) is 37.7 Å². The summed E-state index contributed by atoms with van der Waals surface area (Å²) in [7, 11) is 0. The molecule has 0 spiro atoms. The molecule has 1 aliphatic rings. The van der Waals surface area contributed by atoms with E-state index in [0.29, 0.717) is 23.6 Å². The van der Waals surface area contributed by atoms with Gasteiger partial charge >= 0.3 is 5.97 Å². The highest BCUT2D eigenvalue weighted by Crippen LogP contribution is 2.26. The van der Waals surface area contributed by atoms with Gasteiger partial charge in [0, 0.05) is 29.6 Å². The highest BCUT2D eigenvalue weighted by molar-refractivity contribution is 6.31. The fourth-order valence-electron chi connectivity index (χ4n) is 2.77. The van der Waals surface area contributed by atoms with Gasteiger partial charge in [0.1, 0.15) is 5.82 Å². The van der Waals surface area contributed by atoms with Crippen LogP contribution in [0.15, 0.2) is 18.2 Å². The van der Waals surface area contributed by atoms with E-state index in [4.69, 9.17) is 16.7 Å². The zero-order chi connectivity index (χ0) is 14.5. The van der Waals surface area contributed by atoms with Crippen LogP contribution in [0.5, 0.6) is 0 Å². The largest absolute Gasteiger partial charge is 0.481 e. The fraction of sp³-hybridized carbons (Fsp3) is 0.533. The third-order valence-electron chi connectivity index (χ3n) is 3.86. The Hall–Kier alpha value is -1.13. The molecule has 1 aliphatic heterocycles. The first-order valence-electron chi connectivity index (χ1n) is 6.96. The predicted molar refractivity (Wildman–Crippen MR) is 76.3 cm³/mol. The third kappa shape index (κ3) is 3.93. The smallest absolute Gasteiger partial charge is 0.303 e. The Bertz CT molecular complexity index is 461. The van der Waals surface area contributed by atoms with E-state index < -0.39 is 5.97 Å². The average molecular weight is 300 g/mol. The minimum Gasteiger partial charge on any atom is -0.481 e. The number of halogens is 2. The average Bonchev–Trinajstić information content (AvgIpc) is 2.42. The van der Waals surface area contributed by atoms with Gasteiger partial charge in [0.25, 0.3) is 0 Å². The Labute approximate surface area is 123 Å². The number of rotatable bonds is 5. The second-order valence-electron chi connectivity index (χ2n) is 5.25. The number of aliphatic carboxylic acids is 1. The zero-order valence-electron chi connectivity index (χ0n) is 11.3. The van der Waals surface area contributed by atoms with Crippen molar-refractivity contribution in [3.8, 4) is 0 Å². The standard InChI is InChI=1S/C15H19ClFNO2/c16-13-5-3-6-14(17)12(13)10-18-9-2-1-4-11(18)7-8-15(19)20/h3,5-6,11H,1-2,4,7-10H2,(H,19,20). The molecule has 1 unspecified atom stereocenters. The molecule has 0 radical (unpaired) electrons. The third-order valence-corrected chi connectivity index (χ3v) is 4.22. The number of carboxylic acid groups (broad SMARTS) is 1. The van der Waals surface area contributed by atoms with Crippen molar-refractivity contribution in [1.82, 2.24) is 4.90 Å². The van der Waals surface area contributed by atoms with Crippen LogP contribution in [0.3, 0.4) is 0 Å². The van der Waals surface area contributed by atoms with Crippen LogP contribution in [0.2, 0.25) is 5.02 Å². The van der Waals surface area contributed by atoms with Crippen molar-refractivity contribution in [2.24, 2.45) is 0 Å². The van der Waals surface area contributed by atoms with Gasteiger partial charge in [0.05, 0.1) is 0 Å². The molecule has 0 amide bonds. The summed E-state index contributed by atoms with van der Waals surface area (Å²) < 4.78 is 13.8. The van der Waals surface area contributed by atoms with Crippen LogP contribution >= 0.6 is 11.6 Å². The van der Waals surface area contributed by atoms with Crippen molar-refractivity contribution < 1.29 is 14.3 Å². The normalized spacial score (nSPS) is 20.0. The van der Waals surface area contributed by atoms with Crippen LogP contribution in [-0.4, -0.2) is 28.6 Å². The molecule has 2 rings (SSSR count). The minimum atomic E-state index is -0.778. The number of carboxylic acids is 1. The fourth-order valence-corrected chi connectivity index (χ4v) is 2.99. The molecule has 1 aromatic carbocycles. The summed E-state index contributed by atoms with van der Waals surface area (Å²) in [5, 5.41) is 9.25. The molecule has 1 aromatic rings. The van der Waals surface area contributed by atoms with Gasteiger partial charge in [0.15, 0.2) is 0 Å². The zero-order valence-corrected chi connectivity index (χ0v) is 12.1. The second-order valence-corrected chi connectivity index (χ2v) is 5.66. The quantitative estimate of drug-likeness (QED) is 0.901. The molecule has 0 aliphatic carbocycles. The van der Waals surface area contributed by atoms with Gasteiger partial charge in [-0.25, -0.2) is 4.39 Å². The Morgan fingerprint density at radius 1 is 1.45 bits per heavy atom. The van der Waals surface area contributed by atoms with Crippen molar-refractivity contribution in [2.75, 3.05) is 6.54 Å². The highest BCUT2D eigenvalue weighted by atomic mass is 35.5. The van der Waals surface area contributed by atoms with E-state index in [9.17, 15) is 9.18 Å². The number of nitrogens with zero attached hydrogens (tertiary/aromatic N) is 1. The molecule has 1 heterocycles. The lowest BCUT2D eigenvalue weighted by Crippen LogP contribution is -2.39. The number of carbonyl (C=O) groups is 1. The predicted octanol–water partition coefficient (Wildman–Crippen LogP) is 3.70. The molecule has 1 atom stereocenters. The maximum absolute atomic E-state index is 13.8. The first-order chi connectivity index (χ1) is 9.58. The Kier molecular flexibility index (Phi) is 5.38. The van der Waals surface area contributed by atoms with Crippen LogP contribution in [0.4, 0.5) is 4.39 Å². The molecule has 3 nitrogen and oxygen atoms in total. The van der Waals surface area contributed by atoms with Crippen LogP contribution in [0, 0.1) is 5.82 Å². The molecule has 1 N–H and O–H groups in total. The molecule has 1 fully saturated rings. The van der Waals surface area contributed by atoms with Crippen molar-refractivity contribution in [1.29, 1.82) is 0 Å². The van der Waals surface area contributed by atoms with Gasteiger partial charge in [-0.15, -0.1) is 0 Å². The molecule has 20 heavy (non-hydrogen) atoms. The van der Waals surface area contributed by atoms with E-state index in [1.807, 2.05) is 0 Å². The van der Waals surface area contributed by atoms with Gasteiger partial charge in [-0.05, 0) is 37.9 Å². The van der Waals surface area contributed by atoms with Crippen LogP contribution in [0.25, 0.3) is 0 Å². The molecular weight excluding hydrogens is 281 g/mol. The Balaban J connectivity index is 2.06. The summed E-state index contributed by atoms with van der Waals surface area (Å²) in [6, 6.07) is 4.91. The first-order valence-corrected chi connectivity index (χ1v) is 7.34. The maximum Gasteiger partial charge on any atom is 0.303 e. The number of benzene rings is 1. The Morgan fingerprint density at radius 2 is 2.25 bits per heavy atom. The van der Waals surface area contributed by atoms with Crippen LogP contribution in [-0.2, 0) is 11.3 Å². The van der Waals surface area contributed by atoms with E-state index in [1.54, 1.807) is 12.1 Å². The van der Waals surface area contributed by atoms with Gasteiger partial charge in [-0.1, -0.05) is 24.1 Å². The van der Waals surface area contributed by atoms with E-state index in [1.165, 1.54) is 6.07 Å². The number of likely N-dealkylation sites (tertiary alicyclic amines) is 1. The lowest BCUT2D eigenvalue weighted by atomic mass is 9.97. The summed E-state index contributed by atoms with van der Waals surface area (Å²) in [5.74, 6) is -1.07.